The van der Waals surface area contributed by atoms with Gasteiger partial charge in [-0.3, -0.25) is 9.88 Å². The fourth-order valence-corrected chi connectivity index (χ4v) is 3.13. The molecule has 2 unspecified atom stereocenters. The third-order valence-electron chi connectivity index (χ3n) is 4.17. The summed E-state index contributed by atoms with van der Waals surface area (Å²) in [7, 11) is 0. The number of hydrogen-bond donors (Lipinski definition) is 1. The second-order valence-electron chi connectivity index (χ2n) is 5.37. The van der Waals surface area contributed by atoms with Gasteiger partial charge in [0, 0.05) is 24.8 Å². The maximum Gasteiger partial charge on any atom is 0.0544 e. The van der Waals surface area contributed by atoms with Gasteiger partial charge in [-0.25, -0.2) is 0 Å². The molecule has 1 aromatic carbocycles. The summed E-state index contributed by atoms with van der Waals surface area (Å²) in [6.45, 7) is 4.08. The summed E-state index contributed by atoms with van der Waals surface area (Å²) in [5.74, 6) is 0. The number of aromatic nitrogens is 1. The van der Waals surface area contributed by atoms with Gasteiger partial charge in [0.25, 0.3) is 0 Å². The number of nitrogens with two attached hydrogens (primary N) is 1. The fourth-order valence-electron chi connectivity index (χ4n) is 3.13. The van der Waals surface area contributed by atoms with Crippen LogP contribution in [0.1, 0.15) is 42.2 Å². The summed E-state index contributed by atoms with van der Waals surface area (Å²) in [6.07, 6.45) is 2.86. The quantitative estimate of drug-likeness (QED) is 0.925. The first-order valence-electron chi connectivity index (χ1n) is 7.28. The van der Waals surface area contributed by atoms with Crippen LogP contribution in [0.25, 0.3) is 0 Å². The van der Waals surface area contributed by atoms with E-state index in [1.165, 1.54) is 11.1 Å². The molecule has 1 aromatic heterocycles. The predicted octanol–water partition coefficient (Wildman–Crippen LogP) is 3.05. The molecule has 1 aliphatic rings. The van der Waals surface area contributed by atoms with Gasteiger partial charge in [-0.2, -0.15) is 0 Å². The average molecular weight is 267 g/mol. The number of fused-ring (bicyclic) bond motifs is 1. The summed E-state index contributed by atoms with van der Waals surface area (Å²) in [5, 5.41) is 0. The average Bonchev–Trinajstić information content (AvgIpc) is 2.84. The van der Waals surface area contributed by atoms with E-state index < -0.39 is 0 Å². The lowest BCUT2D eigenvalue weighted by atomic mass is 10.1. The van der Waals surface area contributed by atoms with E-state index in [4.69, 9.17) is 5.73 Å². The third-order valence-corrected chi connectivity index (χ3v) is 4.17. The Labute approximate surface area is 120 Å². The summed E-state index contributed by atoms with van der Waals surface area (Å²) in [4.78, 5) is 6.91. The molecule has 0 bridgehead atoms. The Morgan fingerprint density at radius 1 is 1.15 bits per heavy atom. The van der Waals surface area contributed by atoms with Crippen LogP contribution < -0.4 is 5.73 Å². The van der Waals surface area contributed by atoms with E-state index in [2.05, 4.69) is 47.1 Å². The molecule has 2 aromatic rings. The molecule has 2 atom stereocenters. The molecule has 2 N–H and O–H groups in total. The minimum Gasteiger partial charge on any atom is -0.324 e. The predicted molar refractivity (Wildman–Crippen MR) is 81.0 cm³/mol. The summed E-state index contributed by atoms with van der Waals surface area (Å²) >= 11 is 0. The van der Waals surface area contributed by atoms with Crippen molar-refractivity contribution in [3.63, 3.8) is 0 Å². The normalized spacial score (nSPS) is 21.1. The van der Waals surface area contributed by atoms with Gasteiger partial charge in [-0.1, -0.05) is 37.3 Å². The highest BCUT2D eigenvalue weighted by Crippen LogP contribution is 2.41. The molecule has 20 heavy (non-hydrogen) atoms. The summed E-state index contributed by atoms with van der Waals surface area (Å²) < 4.78 is 0. The molecule has 0 amide bonds. The zero-order valence-electron chi connectivity index (χ0n) is 11.9. The maximum absolute atomic E-state index is 6.28. The molecule has 1 heterocycles. The van der Waals surface area contributed by atoms with Crippen LogP contribution in [-0.4, -0.2) is 16.4 Å². The van der Waals surface area contributed by atoms with Crippen LogP contribution in [0, 0.1) is 0 Å². The van der Waals surface area contributed by atoms with Gasteiger partial charge < -0.3 is 5.73 Å². The fraction of sp³-hybridized carbons (Fsp3) is 0.353. The molecule has 104 valence electrons. The van der Waals surface area contributed by atoms with Crippen molar-refractivity contribution in [2.24, 2.45) is 5.73 Å². The third kappa shape index (κ3) is 2.47. The Kier molecular flexibility index (Phi) is 3.81. The van der Waals surface area contributed by atoms with Crippen LogP contribution in [0.15, 0.2) is 48.7 Å². The van der Waals surface area contributed by atoms with Crippen LogP contribution in [-0.2, 0) is 6.54 Å². The van der Waals surface area contributed by atoms with E-state index in [-0.39, 0.29) is 6.04 Å². The molecule has 0 fully saturated rings. The van der Waals surface area contributed by atoms with Crippen molar-refractivity contribution in [2.75, 3.05) is 6.54 Å². The second kappa shape index (κ2) is 5.73. The lowest BCUT2D eigenvalue weighted by molar-refractivity contribution is 0.191. The smallest absolute Gasteiger partial charge is 0.0544 e. The highest BCUT2D eigenvalue weighted by Gasteiger charge is 2.31. The molecule has 3 nitrogen and oxygen atoms in total. The first kappa shape index (κ1) is 13.3. The molecule has 0 spiro atoms. The Morgan fingerprint density at radius 3 is 2.60 bits per heavy atom. The highest BCUT2D eigenvalue weighted by atomic mass is 15.2. The molecule has 0 radical (unpaired) electrons. The maximum atomic E-state index is 6.28. The standard InChI is InChI=1S/C17H21N3/c1-2-20(12-13-7-5-6-10-19-13)17-11-16(18)14-8-3-4-9-15(14)17/h3-10,16-17H,2,11-12,18H2,1H3. The molecule has 0 saturated carbocycles. The van der Waals surface area contributed by atoms with Crippen molar-refractivity contribution in [3.05, 3.63) is 65.5 Å². The van der Waals surface area contributed by atoms with Crippen molar-refractivity contribution in [1.29, 1.82) is 0 Å². The Hall–Kier alpha value is -1.71. The zero-order valence-corrected chi connectivity index (χ0v) is 11.9. The van der Waals surface area contributed by atoms with Gasteiger partial charge in [0.2, 0.25) is 0 Å². The summed E-state index contributed by atoms with van der Waals surface area (Å²) in [5.41, 5.74) is 10.1. The van der Waals surface area contributed by atoms with Gasteiger partial charge in [0.05, 0.1) is 5.69 Å². The Balaban J connectivity index is 1.84. The van der Waals surface area contributed by atoms with Crippen molar-refractivity contribution in [2.45, 2.75) is 32.0 Å². The first-order valence-corrected chi connectivity index (χ1v) is 7.28. The monoisotopic (exact) mass is 267 g/mol. The van der Waals surface area contributed by atoms with Crippen LogP contribution in [0.4, 0.5) is 0 Å². The molecular formula is C17H21N3. The van der Waals surface area contributed by atoms with Crippen molar-refractivity contribution in [3.8, 4) is 0 Å². The largest absolute Gasteiger partial charge is 0.324 e. The van der Waals surface area contributed by atoms with Gasteiger partial charge in [0.15, 0.2) is 0 Å². The van der Waals surface area contributed by atoms with Crippen LogP contribution in [0.3, 0.4) is 0 Å². The van der Waals surface area contributed by atoms with Crippen molar-refractivity contribution >= 4 is 0 Å². The molecular weight excluding hydrogens is 246 g/mol. The second-order valence-corrected chi connectivity index (χ2v) is 5.37. The zero-order chi connectivity index (χ0) is 13.9. The van der Waals surface area contributed by atoms with E-state index in [1.807, 2.05) is 18.3 Å². The number of benzene rings is 1. The number of hydrogen-bond acceptors (Lipinski definition) is 3. The van der Waals surface area contributed by atoms with E-state index >= 15 is 0 Å². The molecule has 1 aliphatic carbocycles. The van der Waals surface area contributed by atoms with E-state index in [0.717, 1.165) is 25.2 Å². The van der Waals surface area contributed by atoms with Gasteiger partial charge in [-0.05, 0) is 36.2 Å². The first-order chi connectivity index (χ1) is 9.79. The Morgan fingerprint density at radius 2 is 1.90 bits per heavy atom. The van der Waals surface area contributed by atoms with Crippen molar-refractivity contribution in [1.82, 2.24) is 9.88 Å². The molecule has 3 rings (SSSR count). The molecule has 0 aliphatic heterocycles. The van der Waals surface area contributed by atoms with E-state index in [9.17, 15) is 0 Å². The topological polar surface area (TPSA) is 42.2 Å². The lowest BCUT2D eigenvalue weighted by Gasteiger charge is -2.28. The van der Waals surface area contributed by atoms with Gasteiger partial charge in [0.1, 0.15) is 0 Å². The number of nitrogens with zero attached hydrogens (tertiary/aromatic N) is 2. The number of pyridine rings is 1. The SMILES string of the molecule is CCN(Cc1ccccn1)C1CC(N)c2ccccc21. The van der Waals surface area contributed by atoms with Gasteiger partial charge >= 0.3 is 0 Å². The molecule has 3 heteroatoms. The summed E-state index contributed by atoms with van der Waals surface area (Å²) in [6, 6.07) is 15.2. The molecule has 0 saturated heterocycles. The van der Waals surface area contributed by atoms with Crippen LogP contribution in [0.5, 0.6) is 0 Å². The van der Waals surface area contributed by atoms with E-state index in [0.29, 0.717) is 6.04 Å². The lowest BCUT2D eigenvalue weighted by Crippen LogP contribution is -2.27. The van der Waals surface area contributed by atoms with Crippen molar-refractivity contribution < 1.29 is 0 Å². The minimum atomic E-state index is 0.161. The van der Waals surface area contributed by atoms with Crippen LogP contribution in [0.2, 0.25) is 0 Å². The Bertz CT molecular complexity index is 567. The number of rotatable bonds is 4. The minimum absolute atomic E-state index is 0.161. The highest BCUT2D eigenvalue weighted by molar-refractivity contribution is 5.37. The van der Waals surface area contributed by atoms with Gasteiger partial charge in [-0.15, -0.1) is 0 Å². The van der Waals surface area contributed by atoms with Crippen LogP contribution >= 0.6 is 0 Å². The van der Waals surface area contributed by atoms with E-state index in [1.54, 1.807) is 0 Å².